The summed E-state index contributed by atoms with van der Waals surface area (Å²) < 4.78 is 1.85. The Morgan fingerprint density at radius 2 is 1.76 bits per heavy atom. The minimum absolute atomic E-state index is 0.632. The van der Waals surface area contributed by atoms with Crippen molar-refractivity contribution in [2.75, 3.05) is 18.0 Å². The molecular formula is C19H20N6. The van der Waals surface area contributed by atoms with Gasteiger partial charge in [-0.3, -0.25) is 0 Å². The molecule has 2 aromatic heterocycles. The lowest BCUT2D eigenvalue weighted by Crippen LogP contribution is -2.23. The predicted molar refractivity (Wildman–Crippen MR) is 99.7 cm³/mol. The lowest BCUT2D eigenvalue weighted by Gasteiger charge is -2.19. The molecule has 6 nitrogen and oxygen atoms in total. The van der Waals surface area contributed by atoms with E-state index in [0.717, 1.165) is 30.1 Å². The predicted octanol–water partition coefficient (Wildman–Crippen LogP) is 3.27. The normalized spacial score (nSPS) is 11.3. The Labute approximate surface area is 146 Å². The molecule has 0 aliphatic carbocycles. The molecule has 2 aromatic carbocycles. The average molecular weight is 332 g/mol. The van der Waals surface area contributed by atoms with E-state index in [2.05, 4.69) is 81.5 Å². The first kappa shape index (κ1) is 15.5. The summed E-state index contributed by atoms with van der Waals surface area (Å²) in [6.45, 7) is 6.60. The molecule has 6 heteroatoms. The fourth-order valence-corrected chi connectivity index (χ4v) is 3.23. The van der Waals surface area contributed by atoms with Crippen LogP contribution in [0.5, 0.6) is 0 Å². The number of benzene rings is 2. The average Bonchev–Trinajstić information content (AvgIpc) is 3.07. The Balaban J connectivity index is 1.79. The van der Waals surface area contributed by atoms with Crippen LogP contribution in [0, 0.1) is 0 Å². The van der Waals surface area contributed by atoms with Gasteiger partial charge in [-0.05, 0) is 30.2 Å². The van der Waals surface area contributed by atoms with Crippen molar-refractivity contribution >= 4 is 27.8 Å². The van der Waals surface area contributed by atoms with E-state index >= 15 is 0 Å². The van der Waals surface area contributed by atoms with Crippen molar-refractivity contribution in [1.29, 1.82) is 0 Å². The second kappa shape index (κ2) is 6.47. The highest BCUT2D eigenvalue weighted by molar-refractivity contribution is 5.86. The summed E-state index contributed by atoms with van der Waals surface area (Å²) in [7, 11) is 0. The number of rotatable bonds is 5. The van der Waals surface area contributed by atoms with Crippen LogP contribution in [0.25, 0.3) is 21.9 Å². The largest absolute Gasteiger partial charge is 0.355 e. The van der Waals surface area contributed by atoms with Crippen LogP contribution >= 0.6 is 0 Å². The van der Waals surface area contributed by atoms with Gasteiger partial charge in [-0.15, -0.1) is 5.10 Å². The Bertz CT molecular complexity index is 1010. The molecule has 0 saturated heterocycles. The fraction of sp³-hybridized carbons (Fsp3) is 0.263. The van der Waals surface area contributed by atoms with Gasteiger partial charge in [-0.25, -0.2) is 14.6 Å². The van der Waals surface area contributed by atoms with Gasteiger partial charge in [0.2, 0.25) is 0 Å². The summed E-state index contributed by atoms with van der Waals surface area (Å²) in [5.41, 5.74) is 2.73. The highest BCUT2D eigenvalue weighted by atomic mass is 15.4. The van der Waals surface area contributed by atoms with Gasteiger partial charge in [0.25, 0.3) is 0 Å². The maximum atomic E-state index is 4.43. The van der Waals surface area contributed by atoms with Crippen molar-refractivity contribution in [3.8, 4) is 0 Å². The standard InChI is InChI=1S/C19H20N6/c1-3-24(4-2)18-17-19(21-13-20-18)25(23-22-17)12-15-10-7-9-14-8-5-6-11-16(14)15/h5-11,13H,3-4,12H2,1-2H3. The molecule has 0 aliphatic rings. The summed E-state index contributed by atoms with van der Waals surface area (Å²) in [6.07, 6.45) is 1.60. The van der Waals surface area contributed by atoms with E-state index in [4.69, 9.17) is 0 Å². The van der Waals surface area contributed by atoms with Crippen LogP contribution in [-0.2, 0) is 6.54 Å². The van der Waals surface area contributed by atoms with E-state index in [1.165, 1.54) is 16.3 Å². The Morgan fingerprint density at radius 1 is 0.960 bits per heavy atom. The van der Waals surface area contributed by atoms with Crippen molar-refractivity contribution in [3.63, 3.8) is 0 Å². The molecule has 0 aliphatic heterocycles. The van der Waals surface area contributed by atoms with Crippen LogP contribution in [0.3, 0.4) is 0 Å². The molecule has 25 heavy (non-hydrogen) atoms. The summed E-state index contributed by atoms with van der Waals surface area (Å²) in [6, 6.07) is 14.7. The molecule has 2 heterocycles. The smallest absolute Gasteiger partial charge is 0.184 e. The van der Waals surface area contributed by atoms with Gasteiger partial charge >= 0.3 is 0 Å². The molecule has 126 valence electrons. The molecule has 4 aromatic rings. The van der Waals surface area contributed by atoms with E-state index in [1.807, 2.05) is 4.68 Å². The Hall–Kier alpha value is -3.02. The van der Waals surface area contributed by atoms with Crippen LogP contribution in [-0.4, -0.2) is 38.1 Å². The highest BCUT2D eigenvalue weighted by Crippen LogP contribution is 2.23. The Morgan fingerprint density at radius 3 is 2.60 bits per heavy atom. The van der Waals surface area contributed by atoms with Gasteiger partial charge < -0.3 is 4.90 Å². The van der Waals surface area contributed by atoms with Gasteiger partial charge in [-0.1, -0.05) is 47.7 Å². The molecule has 0 spiro atoms. The van der Waals surface area contributed by atoms with Gasteiger partial charge in [0.05, 0.1) is 6.54 Å². The molecule has 0 atom stereocenters. The summed E-state index contributed by atoms with van der Waals surface area (Å²) in [5, 5.41) is 11.2. The van der Waals surface area contributed by atoms with E-state index in [0.29, 0.717) is 6.54 Å². The number of hydrogen-bond donors (Lipinski definition) is 0. The first-order chi connectivity index (χ1) is 12.3. The zero-order chi connectivity index (χ0) is 17.2. The van der Waals surface area contributed by atoms with Crippen LogP contribution < -0.4 is 4.90 Å². The van der Waals surface area contributed by atoms with E-state index < -0.39 is 0 Å². The van der Waals surface area contributed by atoms with Crippen LogP contribution in [0.15, 0.2) is 48.8 Å². The minimum Gasteiger partial charge on any atom is -0.355 e. The number of anilines is 1. The van der Waals surface area contributed by atoms with Crippen molar-refractivity contribution in [2.24, 2.45) is 0 Å². The second-order valence-corrected chi connectivity index (χ2v) is 5.93. The highest BCUT2D eigenvalue weighted by Gasteiger charge is 2.15. The molecule has 0 fully saturated rings. The van der Waals surface area contributed by atoms with E-state index in [-0.39, 0.29) is 0 Å². The molecule has 0 radical (unpaired) electrons. The van der Waals surface area contributed by atoms with Gasteiger partial charge in [-0.2, -0.15) is 0 Å². The molecule has 0 unspecified atom stereocenters. The number of aromatic nitrogens is 5. The number of hydrogen-bond acceptors (Lipinski definition) is 5. The fourth-order valence-electron chi connectivity index (χ4n) is 3.23. The topological polar surface area (TPSA) is 59.7 Å². The van der Waals surface area contributed by atoms with Crippen molar-refractivity contribution in [3.05, 3.63) is 54.4 Å². The van der Waals surface area contributed by atoms with Gasteiger partial charge in [0.1, 0.15) is 6.33 Å². The SMILES string of the molecule is CCN(CC)c1ncnc2c1nnn2Cc1cccc2ccccc12. The molecule has 0 amide bonds. The quantitative estimate of drug-likeness (QED) is 0.561. The Kier molecular flexibility index (Phi) is 4.01. The van der Waals surface area contributed by atoms with E-state index in [9.17, 15) is 0 Å². The summed E-state index contributed by atoms with van der Waals surface area (Å²) in [5.74, 6) is 0.846. The van der Waals surface area contributed by atoms with Crippen LogP contribution in [0.2, 0.25) is 0 Å². The maximum Gasteiger partial charge on any atom is 0.184 e. The lowest BCUT2D eigenvalue weighted by atomic mass is 10.0. The van der Waals surface area contributed by atoms with E-state index in [1.54, 1.807) is 6.33 Å². The third-order valence-corrected chi connectivity index (χ3v) is 4.54. The third kappa shape index (κ3) is 2.69. The number of fused-ring (bicyclic) bond motifs is 2. The zero-order valence-corrected chi connectivity index (χ0v) is 14.4. The van der Waals surface area contributed by atoms with Gasteiger partial charge in [0, 0.05) is 13.1 Å². The van der Waals surface area contributed by atoms with Crippen molar-refractivity contribution in [2.45, 2.75) is 20.4 Å². The third-order valence-electron chi connectivity index (χ3n) is 4.54. The van der Waals surface area contributed by atoms with Crippen LogP contribution in [0.4, 0.5) is 5.82 Å². The monoisotopic (exact) mass is 332 g/mol. The molecule has 0 bridgehead atoms. The minimum atomic E-state index is 0.632. The van der Waals surface area contributed by atoms with Crippen molar-refractivity contribution in [1.82, 2.24) is 25.0 Å². The molecule has 0 saturated carbocycles. The number of nitrogens with zero attached hydrogens (tertiary/aromatic N) is 6. The van der Waals surface area contributed by atoms with Crippen LogP contribution in [0.1, 0.15) is 19.4 Å². The maximum absolute atomic E-state index is 4.43. The zero-order valence-electron chi connectivity index (χ0n) is 14.4. The first-order valence-corrected chi connectivity index (χ1v) is 8.57. The first-order valence-electron chi connectivity index (χ1n) is 8.57. The molecular weight excluding hydrogens is 312 g/mol. The summed E-state index contributed by atoms with van der Waals surface area (Å²) in [4.78, 5) is 11.0. The molecule has 0 N–H and O–H groups in total. The lowest BCUT2D eigenvalue weighted by molar-refractivity contribution is 0.666. The molecule has 4 rings (SSSR count). The second-order valence-electron chi connectivity index (χ2n) is 5.93. The van der Waals surface area contributed by atoms with Gasteiger partial charge in [0.15, 0.2) is 17.0 Å². The van der Waals surface area contributed by atoms with Crippen molar-refractivity contribution < 1.29 is 0 Å². The summed E-state index contributed by atoms with van der Waals surface area (Å²) >= 11 is 0.